The van der Waals surface area contributed by atoms with Gasteiger partial charge in [0, 0.05) is 55.9 Å². The van der Waals surface area contributed by atoms with Crippen LogP contribution in [0.3, 0.4) is 0 Å². The first-order valence-electron chi connectivity index (χ1n) is 11.8. The highest BCUT2D eigenvalue weighted by Crippen LogP contribution is 2.30. The highest BCUT2D eigenvalue weighted by molar-refractivity contribution is 7.09. The van der Waals surface area contributed by atoms with Gasteiger partial charge in [0.25, 0.3) is 5.56 Å². The van der Waals surface area contributed by atoms with Gasteiger partial charge in [0.2, 0.25) is 5.91 Å². The molecule has 2 aromatic rings. The number of fused-ring (bicyclic) bond motifs is 1. The van der Waals surface area contributed by atoms with Crippen molar-refractivity contribution < 1.29 is 4.79 Å². The third kappa shape index (κ3) is 4.62. The van der Waals surface area contributed by atoms with Crippen molar-refractivity contribution in [2.24, 2.45) is 5.92 Å². The SMILES string of the molecule is O=C(C1CCCCC1)N1CCC[C@@H](c2nc3c(c(=O)[nH]2)CN(Cc2cccs2)CC3)C1. The molecule has 3 aliphatic rings. The molecule has 5 rings (SSSR count). The topological polar surface area (TPSA) is 69.3 Å². The second kappa shape index (κ2) is 9.25. The summed E-state index contributed by atoms with van der Waals surface area (Å²) >= 11 is 1.76. The molecule has 31 heavy (non-hydrogen) atoms. The summed E-state index contributed by atoms with van der Waals surface area (Å²) in [5.74, 6) is 1.46. The van der Waals surface area contributed by atoms with Crippen LogP contribution in [0.15, 0.2) is 22.3 Å². The van der Waals surface area contributed by atoms with E-state index in [1.165, 1.54) is 24.1 Å². The maximum absolute atomic E-state index is 13.0. The smallest absolute Gasteiger partial charge is 0.255 e. The van der Waals surface area contributed by atoms with Crippen LogP contribution in [0.25, 0.3) is 0 Å². The van der Waals surface area contributed by atoms with E-state index in [0.717, 1.165) is 68.8 Å². The molecule has 0 aromatic carbocycles. The van der Waals surface area contributed by atoms with Crippen molar-refractivity contribution in [3.8, 4) is 0 Å². The third-order valence-electron chi connectivity index (χ3n) is 7.20. The zero-order valence-electron chi connectivity index (χ0n) is 18.1. The van der Waals surface area contributed by atoms with E-state index < -0.39 is 0 Å². The molecular weight excluding hydrogens is 408 g/mol. The molecule has 0 bridgehead atoms. The van der Waals surface area contributed by atoms with Crippen LogP contribution in [0.2, 0.25) is 0 Å². The molecule has 7 heteroatoms. The van der Waals surface area contributed by atoms with Gasteiger partial charge in [0.05, 0.1) is 11.3 Å². The molecular formula is C24H32N4O2S. The molecule has 0 radical (unpaired) electrons. The molecule has 1 aliphatic carbocycles. The summed E-state index contributed by atoms with van der Waals surface area (Å²) in [6, 6.07) is 4.22. The number of nitrogens with zero attached hydrogens (tertiary/aromatic N) is 3. The molecule has 0 spiro atoms. The Balaban J connectivity index is 1.28. The summed E-state index contributed by atoms with van der Waals surface area (Å²) in [4.78, 5) is 39.7. The number of H-pyrrole nitrogens is 1. The lowest BCUT2D eigenvalue weighted by atomic mass is 9.87. The fraction of sp³-hybridized carbons (Fsp3) is 0.625. The molecule has 2 fully saturated rings. The number of aromatic amines is 1. The standard InChI is InChI=1S/C24H32N4O2S/c29-23-20-16-27(15-19-9-5-13-31-19)12-10-21(20)25-22(26-23)18-8-4-11-28(14-18)24(30)17-6-2-1-3-7-17/h5,9,13,17-18H,1-4,6-8,10-12,14-16H2,(H,25,26,29)/t18-/m1/s1. The van der Waals surface area contributed by atoms with Crippen LogP contribution < -0.4 is 5.56 Å². The minimum absolute atomic E-state index is 0.00612. The Hall–Kier alpha value is -1.99. The van der Waals surface area contributed by atoms with Crippen LogP contribution in [-0.4, -0.2) is 45.3 Å². The fourth-order valence-electron chi connectivity index (χ4n) is 5.46. The Kier molecular flexibility index (Phi) is 6.23. The number of nitrogens with one attached hydrogen (secondary N) is 1. The summed E-state index contributed by atoms with van der Waals surface area (Å²) in [5.41, 5.74) is 1.78. The summed E-state index contributed by atoms with van der Waals surface area (Å²) in [7, 11) is 0. The van der Waals surface area contributed by atoms with Crippen molar-refractivity contribution >= 4 is 17.2 Å². The van der Waals surface area contributed by atoms with E-state index in [1.807, 2.05) is 4.90 Å². The van der Waals surface area contributed by atoms with E-state index in [4.69, 9.17) is 4.98 Å². The number of piperidine rings is 1. The van der Waals surface area contributed by atoms with Gasteiger partial charge < -0.3 is 9.88 Å². The van der Waals surface area contributed by atoms with Gasteiger partial charge in [0.15, 0.2) is 0 Å². The summed E-state index contributed by atoms with van der Waals surface area (Å²) in [6.45, 7) is 4.02. The van der Waals surface area contributed by atoms with Gasteiger partial charge in [-0.2, -0.15) is 0 Å². The number of carbonyl (C=O) groups is 1. The van der Waals surface area contributed by atoms with Crippen molar-refractivity contribution in [3.05, 3.63) is 49.8 Å². The van der Waals surface area contributed by atoms with Crippen LogP contribution in [0.5, 0.6) is 0 Å². The number of thiophene rings is 1. The molecule has 0 unspecified atom stereocenters. The molecule has 166 valence electrons. The van der Waals surface area contributed by atoms with Crippen LogP contribution in [-0.2, 0) is 24.3 Å². The maximum atomic E-state index is 13.0. The largest absolute Gasteiger partial charge is 0.342 e. The second-order valence-electron chi connectivity index (χ2n) is 9.37. The lowest BCUT2D eigenvalue weighted by molar-refractivity contribution is -0.137. The van der Waals surface area contributed by atoms with Gasteiger partial charge in [-0.3, -0.25) is 14.5 Å². The summed E-state index contributed by atoms with van der Waals surface area (Å²) in [5, 5.41) is 2.10. The molecule has 4 heterocycles. The van der Waals surface area contributed by atoms with E-state index in [0.29, 0.717) is 19.0 Å². The van der Waals surface area contributed by atoms with E-state index in [-0.39, 0.29) is 17.4 Å². The lowest BCUT2D eigenvalue weighted by Crippen LogP contribution is -2.43. The number of aromatic nitrogens is 2. The zero-order valence-corrected chi connectivity index (χ0v) is 19.0. The predicted molar refractivity (Wildman–Crippen MR) is 122 cm³/mol. The van der Waals surface area contributed by atoms with Crippen LogP contribution in [0.4, 0.5) is 0 Å². The average molecular weight is 441 g/mol. The Labute approximate surface area is 187 Å². The minimum Gasteiger partial charge on any atom is -0.342 e. The monoisotopic (exact) mass is 440 g/mol. The number of rotatable bonds is 4. The summed E-state index contributed by atoms with van der Waals surface area (Å²) < 4.78 is 0. The highest BCUT2D eigenvalue weighted by Gasteiger charge is 2.32. The van der Waals surface area contributed by atoms with Gasteiger partial charge in [-0.25, -0.2) is 4.98 Å². The van der Waals surface area contributed by atoms with Crippen molar-refractivity contribution in [3.63, 3.8) is 0 Å². The normalized spacial score (nSPS) is 23.0. The summed E-state index contributed by atoms with van der Waals surface area (Å²) in [6.07, 6.45) is 8.48. The molecule has 2 aromatic heterocycles. The number of likely N-dealkylation sites (tertiary alicyclic amines) is 1. The Morgan fingerprint density at radius 2 is 2.03 bits per heavy atom. The zero-order chi connectivity index (χ0) is 21.2. The fourth-order valence-corrected chi connectivity index (χ4v) is 6.21. The van der Waals surface area contributed by atoms with Gasteiger partial charge >= 0.3 is 0 Å². The number of carbonyl (C=O) groups excluding carboxylic acids is 1. The quantitative estimate of drug-likeness (QED) is 0.788. The van der Waals surface area contributed by atoms with Crippen molar-refractivity contribution in [2.75, 3.05) is 19.6 Å². The molecule has 1 saturated carbocycles. The average Bonchev–Trinajstić information content (AvgIpc) is 3.32. The van der Waals surface area contributed by atoms with Crippen LogP contribution in [0.1, 0.15) is 72.8 Å². The number of hydrogen-bond donors (Lipinski definition) is 1. The van der Waals surface area contributed by atoms with Crippen LogP contribution >= 0.6 is 11.3 Å². The molecule has 1 amide bonds. The molecule has 1 N–H and O–H groups in total. The van der Waals surface area contributed by atoms with E-state index in [9.17, 15) is 9.59 Å². The first-order chi connectivity index (χ1) is 15.2. The Morgan fingerprint density at radius 3 is 2.84 bits per heavy atom. The highest BCUT2D eigenvalue weighted by atomic mass is 32.1. The first kappa shape index (κ1) is 20.9. The Morgan fingerprint density at radius 1 is 1.16 bits per heavy atom. The van der Waals surface area contributed by atoms with Crippen LogP contribution in [0, 0.1) is 5.92 Å². The van der Waals surface area contributed by atoms with Crippen molar-refractivity contribution in [2.45, 2.75) is 70.4 Å². The van der Waals surface area contributed by atoms with Gasteiger partial charge in [-0.05, 0) is 37.1 Å². The van der Waals surface area contributed by atoms with E-state index in [2.05, 4.69) is 27.4 Å². The van der Waals surface area contributed by atoms with Crippen molar-refractivity contribution in [1.29, 1.82) is 0 Å². The number of hydrogen-bond acceptors (Lipinski definition) is 5. The van der Waals surface area contributed by atoms with Gasteiger partial charge in [-0.15, -0.1) is 11.3 Å². The van der Waals surface area contributed by atoms with E-state index in [1.54, 1.807) is 11.3 Å². The molecule has 2 aliphatic heterocycles. The van der Waals surface area contributed by atoms with Gasteiger partial charge in [0.1, 0.15) is 5.82 Å². The second-order valence-corrected chi connectivity index (χ2v) is 10.4. The predicted octanol–water partition coefficient (Wildman–Crippen LogP) is 3.68. The van der Waals surface area contributed by atoms with Crippen molar-refractivity contribution in [1.82, 2.24) is 19.8 Å². The van der Waals surface area contributed by atoms with Gasteiger partial charge in [-0.1, -0.05) is 25.3 Å². The van der Waals surface area contributed by atoms with E-state index >= 15 is 0 Å². The first-order valence-corrected chi connectivity index (χ1v) is 12.7. The minimum atomic E-state index is 0.00612. The molecule has 6 nitrogen and oxygen atoms in total. The molecule has 1 atom stereocenters. The third-order valence-corrected chi connectivity index (χ3v) is 8.06. The number of amides is 1. The Bertz CT molecular complexity index is 964. The molecule has 1 saturated heterocycles. The maximum Gasteiger partial charge on any atom is 0.255 e. The lowest BCUT2D eigenvalue weighted by Gasteiger charge is -2.36.